The zero-order valence-corrected chi connectivity index (χ0v) is 12.0. The lowest BCUT2D eigenvalue weighted by molar-refractivity contribution is -0.116. The summed E-state index contributed by atoms with van der Waals surface area (Å²) >= 11 is 2.15. The SMILES string of the molecule is Cc1c(N)cccc1NC(=O)Cn1cc(I)cn1. The Hall–Kier alpha value is -1.57. The molecule has 5 nitrogen and oxygen atoms in total. The fourth-order valence-corrected chi connectivity index (χ4v) is 2.00. The van der Waals surface area contributed by atoms with Crippen LogP contribution in [0.15, 0.2) is 30.6 Å². The van der Waals surface area contributed by atoms with Gasteiger partial charge < -0.3 is 11.1 Å². The van der Waals surface area contributed by atoms with E-state index >= 15 is 0 Å². The van der Waals surface area contributed by atoms with Crippen LogP contribution in [-0.4, -0.2) is 15.7 Å². The molecular weight excluding hydrogens is 343 g/mol. The Morgan fingerprint density at radius 3 is 3.00 bits per heavy atom. The van der Waals surface area contributed by atoms with E-state index in [4.69, 9.17) is 5.73 Å². The van der Waals surface area contributed by atoms with Gasteiger partial charge in [0.2, 0.25) is 5.91 Å². The first-order chi connectivity index (χ1) is 8.56. The van der Waals surface area contributed by atoms with E-state index in [1.807, 2.05) is 25.3 Å². The molecule has 1 heterocycles. The van der Waals surface area contributed by atoms with Gasteiger partial charge in [0.1, 0.15) is 6.54 Å². The van der Waals surface area contributed by atoms with Crippen LogP contribution in [0.2, 0.25) is 0 Å². The van der Waals surface area contributed by atoms with Crippen molar-refractivity contribution in [3.8, 4) is 0 Å². The van der Waals surface area contributed by atoms with Crippen LogP contribution in [0, 0.1) is 10.5 Å². The van der Waals surface area contributed by atoms with Crippen molar-refractivity contribution in [2.24, 2.45) is 0 Å². The minimum Gasteiger partial charge on any atom is -0.398 e. The van der Waals surface area contributed by atoms with Crippen LogP contribution in [0.1, 0.15) is 5.56 Å². The number of hydrogen-bond donors (Lipinski definition) is 2. The maximum Gasteiger partial charge on any atom is 0.246 e. The third-order valence-electron chi connectivity index (χ3n) is 2.56. The lowest BCUT2D eigenvalue weighted by Gasteiger charge is -2.10. The molecule has 2 rings (SSSR count). The largest absolute Gasteiger partial charge is 0.398 e. The molecule has 0 radical (unpaired) electrons. The predicted octanol–water partition coefficient (Wildman–Crippen LogP) is 2.02. The highest BCUT2D eigenvalue weighted by molar-refractivity contribution is 14.1. The second-order valence-electron chi connectivity index (χ2n) is 3.92. The van der Waals surface area contributed by atoms with Crippen molar-refractivity contribution < 1.29 is 4.79 Å². The molecule has 0 atom stereocenters. The van der Waals surface area contributed by atoms with Crippen LogP contribution in [0.4, 0.5) is 11.4 Å². The van der Waals surface area contributed by atoms with Gasteiger partial charge in [-0.3, -0.25) is 9.48 Å². The van der Waals surface area contributed by atoms with Gasteiger partial charge in [-0.25, -0.2) is 0 Å². The molecule has 18 heavy (non-hydrogen) atoms. The van der Waals surface area contributed by atoms with Crippen molar-refractivity contribution in [1.82, 2.24) is 9.78 Å². The molecule has 2 aromatic rings. The lowest BCUT2D eigenvalue weighted by Crippen LogP contribution is -2.19. The van der Waals surface area contributed by atoms with E-state index in [1.54, 1.807) is 16.9 Å². The molecule has 0 unspecified atom stereocenters. The smallest absolute Gasteiger partial charge is 0.246 e. The number of benzene rings is 1. The zero-order valence-electron chi connectivity index (χ0n) is 9.85. The Kier molecular flexibility index (Phi) is 3.85. The van der Waals surface area contributed by atoms with E-state index in [0.717, 1.165) is 14.8 Å². The number of rotatable bonds is 3. The Balaban J connectivity index is 2.05. The molecule has 0 aliphatic carbocycles. The van der Waals surface area contributed by atoms with Gasteiger partial charge in [0, 0.05) is 17.6 Å². The number of amides is 1. The third kappa shape index (κ3) is 3.00. The molecule has 0 aliphatic rings. The van der Waals surface area contributed by atoms with E-state index in [0.29, 0.717) is 5.69 Å². The second-order valence-corrected chi connectivity index (χ2v) is 5.17. The molecule has 0 aliphatic heterocycles. The topological polar surface area (TPSA) is 72.9 Å². The number of nitrogen functional groups attached to an aromatic ring is 1. The van der Waals surface area contributed by atoms with Crippen LogP contribution in [0.3, 0.4) is 0 Å². The van der Waals surface area contributed by atoms with Gasteiger partial charge in [0.05, 0.1) is 9.77 Å². The fourth-order valence-electron chi connectivity index (χ4n) is 1.55. The van der Waals surface area contributed by atoms with Crippen molar-refractivity contribution in [2.75, 3.05) is 11.1 Å². The van der Waals surface area contributed by atoms with Gasteiger partial charge in [-0.15, -0.1) is 0 Å². The summed E-state index contributed by atoms with van der Waals surface area (Å²) < 4.78 is 2.60. The monoisotopic (exact) mass is 356 g/mol. The van der Waals surface area contributed by atoms with Gasteiger partial charge in [-0.1, -0.05) is 6.07 Å². The summed E-state index contributed by atoms with van der Waals surface area (Å²) in [6.45, 7) is 2.07. The number of carbonyl (C=O) groups is 1. The number of aromatic nitrogens is 2. The molecule has 0 bridgehead atoms. The third-order valence-corrected chi connectivity index (χ3v) is 3.11. The number of hydrogen-bond acceptors (Lipinski definition) is 3. The molecule has 0 saturated carbocycles. The summed E-state index contributed by atoms with van der Waals surface area (Å²) in [6.07, 6.45) is 3.52. The van der Waals surface area contributed by atoms with E-state index in [9.17, 15) is 4.79 Å². The summed E-state index contributed by atoms with van der Waals surface area (Å²) in [6, 6.07) is 5.45. The standard InChI is InChI=1S/C12H13IN4O/c1-8-10(14)3-2-4-11(8)16-12(18)7-17-6-9(13)5-15-17/h2-6H,7,14H2,1H3,(H,16,18). The maximum atomic E-state index is 11.8. The molecule has 6 heteroatoms. The zero-order chi connectivity index (χ0) is 13.1. The van der Waals surface area contributed by atoms with Crippen LogP contribution in [0.5, 0.6) is 0 Å². The summed E-state index contributed by atoms with van der Waals surface area (Å²) in [4.78, 5) is 11.8. The quantitative estimate of drug-likeness (QED) is 0.653. The summed E-state index contributed by atoms with van der Waals surface area (Å²) in [5.74, 6) is -0.122. The first-order valence-corrected chi connectivity index (χ1v) is 6.47. The number of nitrogens with one attached hydrogen (secondary N) is 1. The van der Waals surface area contributed by atoms with Gasteiger partial charge in [0.25, 0.3) is 0 Å². The molecule has 3 N–H and O–H groups in total. The van der Waals surface area contributed by atoms with Crippen LogP contribution >= 0.6 is 22.6 Å². The first kappa shape index (κ1) is 12.9. The van der Waals surface area contributed by atoms with Crippen molar-refractivity contribution in [2.45, 2.75) is 13.5 Å². The first-order valence-electron chi connectivity index (χ1n) is 5.39. The summed E-state index contributed by atoms with van der Waals surface area (Å²) in [7, 11) is 0. The molecule has 94 valence electrons. The minimum absolute atomic E-state index is 0.122. The Labute approximate surface area is 119 Å². The van der Waals surface area contributed by atoms with Crippen LogP contribution in [0.25, 0.3) is 0 Å². The van der Waals surface area contributed by atoms with Gasteiger partial charge in [-0.05, 0) is 47.2 Å². The van der Waals surface area contributed by atoms with Crippen molar-refractivity contribution in [3.05, 3.63) is 39.7 Å². The molecular formula is C12H13IN4O. The van der Waals surface area contributed by atoms with Crippen molar-refractivity contribution in [1.29, 1.82) is 0 Å². The normalized spacial score (nSPS) is 10.3. The summed E-state index contributed by atoms with van der Waals surface area (Å²) in [5.41, 5.74) is 8.06. The molecule has 0 fully saturated rings. The molecule has 1 aromatic carbocycles. The number of carbonyl (C=O) groups excluding carboxylic acids is 1. The van der Waals surface area contributed by atoms with Crippen molar-refractivity contribution in [3.63, 3.8) is 0 Å². The Morgan fingerprint density at radius 1 is 1.56 bits per heavy atom. The summed E-state index contributed by atoms with van der Waals surface area (Å²) in [5, 5.41) is 6.89. The molecule has 1 amide bonds. The fraction of sp³-hybridized carbons (Fsp3) is 0.167. The van der Waals surface area contributed by atoms with Gasteiger partial charge >= 0.3 is 0 Å². The maximum absolute atomic E-state index is 11.8. The highest BCUT2D eigenvalue weighted by atomic mass is 127. The van der Waals surface area contributed by atoms with E-state index in [1.165, 1.54) is 0 Å². The Morgan fingerprint density at radius 2 is 2.33 bits per heavy atom. The second kappa shape index (κ2) is 5.38. The Bertz CT molecular complexity index is 579. The average molecular weight is 356 g/mol. The van der Waals surface area contributed by atoms with Crippen molar-refractivity contribution >= 4 is 39.9 Å². The number of nitrogens with two attached hydrogens (primary N) is 1. The highest BCUT2D eigenvalue weighted by Crippen LogP contribution is 2.20. The number of halogens is 1. The van der Waals surface area contributed by atoms with E-state index in [-0.39, 0.29) is 12.5 Å². The highest BCUT2D eigenvalue weighted by Gasteiger charge is 2.07. The van der Waals surface area contributed by atoms with Crippen LogP contribution in [-0.2, 0) is 11.3 Å². The molecule has 0 spiro atoms. The molecule has 1 aromatic heterocycles. The van der Waals surface area contributed by atoms with Gasteiger partial charge in [0.15, 0.2) is 0 Å². The van der Waals surface area contributed by atoms with Gasteiger partial charge in [-0.2, -0.15) is 5.10 Å². The molecule has 0 saturated heterocycles. The van der Waals surface area contributed by atoms with E-state index < -0.39 is 0 Å². The minimum atomic E-state index is -0.122. The number of nitrogens with zero attached hydrogens (tertiary/aromatic N) is 2. The predicted molar refractivity (Wildman–Crippen MR) is 79.2 cm³/mol. The van der Waals surface area contributed by atoms with E-state index in [2.05, 4.69) is 33.0 Å². The van der Waals surface area contributed by atoms with Crippen LogP contribution < -0.4 is 11.1 Å². The average Bonchev–Trinajstić information content (AvgIpc) is 2.70. The number of anilines is 2. The lowest BCUT2D eigenvalue weighted by atomic mass is 10.1.